The molecule has 3 aliphatic rings. The number of ether oxygens (including phenoxy) is 2. The molecule has 2 fully saturated rings. The van der Waals surface area contributed by atoms with Gasteiger partial charge in [-0.2, -0.15) is 0 Å². The van der Waals surface area contributed by atoms with E-state index in [0.29, 0.717) is 12.1 Å². The monoisotopic (exact) mass is 273 g/mol. The molecule has 108 valence electrons. The Morgan fingerprint density at radius 3 is 2.75 bits per heavy atom. The lowest BCUT2D eigenvalue weighted by Crippen LogP contribution is -2.47. The van der Waals surface area contributed by atoms with Gasteiger partial charge in [-0.25, -0.2) is 0 Å². The number of hydrogen-bond acceptors (Lipinski definition) is 3. The second kappa shape index (κ2) is 4.47. The van der Waals surface area contributed by atoms with Crippen molar-refractivity contribution in [3.63, 3.8) is 0 Å². The van der Waals surface area contributed by atoms with Gasteiger partial charge in [-0.3, -0.25) is 0 Å². The minimum Gasteiger partial charge on any atom is -0.486 e. The Kier molecular flexibility index (Phi) is 2.83. The second-order valence-corrected chi connectivity index (χ2v) is 6.91. The van der Waals surface area contributed by atoms with Crippen LogP contribution in [0.5, 0.6) is 5.75 Å². The minimum atomic E-state index is -0.194. The number of benzene rings is 1. The Bertz CT molecular complexity index is 509. The molecule has 4 rings (SSSR count). The van der Waals surface area contributed by atoms with E-state index < -0.39 is 0 Å². The summed E-state index contributed by atoms with van der Waals surface area (Å²) in [5.74, 6) is 1.81. The van der Waals surface area contributed by atoms with E-state index in [1.165, 1.54) is 18.4 Å². The number of hydrogen-bond donors (Lipinski definition) is 1. The molecule has 1 aromatic carbocycles. The lowest BCUT2D eigenvalue weighted by molar-refractivity contribution is 0.0590. The maximum Gasteiger partial charge on any atom is 0.125 e. The molecule has 0 aromatic heterocycles. The molecule has 3 atom stereocenters. The highest BCUT2D eigenvalue weighted by atomic mass is 16.5. The summed E-state index contributed by atoms with van der Waals surface area (Å²) < 4.78 is 12.1. The minimum absolute atomic E-state index is 0.194. The highest BCUT2D eigenvalue weighted by Crippen LogP contribution is 2.45. The van der Waals surface area contributed by atoms with Crippen molar-refractivity contribution in [3.05, 3.63) is 29.8 Å². The van der Waals surface area contributed by atoms with Crippen molar-refractivity contribution in [1.29, 1.82) is 0 Å². The molecule has 3 nitrogen and oxygen atoms in total. The molecular weight excluding hydrogens is 250 g/mol. The van der Waals surface area contributed by atoms with Gasteiger partial charge in [0.2, 0.25) is 0 Å². The third-order valence-corrected chi connectivity index (χ3v) is 4.90. The smallest absolute Gasteiger partial charge is 0.125 e. The Balaban J connectivity index is 1.57. The average Bonchev–Trinajstić information content (AvgIpc) is 3.09. The third-order valence-electron chi connectivity index (χ3n) is 4.90. The summed E-state index contributed by atoms with van der Waals surface area (Å²) >= 11 is 0. The normalized spacial score (nSPS) is 34.8. The van der Waals surface area contributed by atoms with Gasteiger partial charge >= 0.3 is 0 Å². The summed E-state index contributed by atoms with van der Waals surface area (Å²) in [5, 5.41) is 3.85. The maximum absolute atomic E-state index is 6.13. The Hall–Kier alpha value is -1.06. The molecule has 3 heteroatoms. The van der Waals surface area contributed by atoms with Crippen molar-refractivity contribution in [2.75, 3.05) is 6.61 Å². The summed E-state index contributed by atoms with van der Waals surface area (Å²) in [6.45, 7) is 5.24. The van der Waals surface area contributed by atoms with Gasteiger partial charge < -0.3 is 14.8 Å². The molecule has 0 amide bonds. The Morgan fingerprint density at radius 1 is 1.15 bits per heavy atom. The van der Waals surface area contributed by atoms with E-state index in [9.17, 15) is 0 Å². The van der Waals surface area contributed by atoms with E-state index in [1.807, 2.05) is 6.07 Å². The molecule has 1 N–H and O–H groups in total. The quantitative estimate of drug-likeness (QED) is 0.918. The lowest BCUT2D eigenvalue weighted by Gasteiger charge is -2.31. The van der Waals surface area contributed by atoms with Crippen LogP contribution >= 0.6 is 0 Å². The number of para-hydroxylation sites is 1. The summed E-state index contributed by atoms with van der Waals surface area (Å²) in [5.41, 5.74) is 1.10. The van der Waals surface area contributed by atoms with Gasteiger partial charge in [0.15, 0.2) is 0 Å². The number of rotatable bonds is 3. The second-order valence-electron chi connectivity index (χ2n) is 6.91. The molecule has 2 heterocycles. The third kappa shape index (κ3) is 2.04. The van der Waals surface area contributed by atoms with Crippen LogP contribution < -0.4 is 10.1 Å². The molecule has 20 heavy (non-hydrogen) atoms. The number of fused-ring (bicyclic) bond motifs is 1. The first-order valence-electron chi connectivity index (χ1n) is 7.81. The molecule has 1 aliphatic carbocycles. The van der Waals surface area contributed by atoms with Crippen LogP contribution in [0, 0.1) is 5.92 Å². The van der Waals surface area contributed by atoms with Crippen molar-refractivity contribution >= 4 is 0 Å². The van der Waals surface area contributed by atoms with Crippen molar-refractivity contribution in [3.8, 4) is 5.75 Å². The van der Waals surface area contributed by atoms with Crippen molar-refractivity contribution in [2.24, 2.45) is 5.92 Å². The van der Waals surface area contributed by atoms with Crippen LogP contribution in [-0.4, -0.2) is 24.4 Å². The highest BCUT2D eigenvalue weighted by molar-refractivity contribution is 5.42. The fourth-order valence-electron chi connectivity index (χ4n) is 3.71. The fourth-order valence-corrected chi connectivity index (χ4v) is 3.71. The van der Waals surface area contributed by atoms with Crippen molar-refractivity contribution in [2.45, 2.75) is 56.9 Å². The van der Waals surface area contributed by atoms with Crippen LogP contribution in [0.25, 0.3) is 0 Å². The van der Waals surface area contributed by atoms with E-state index in [0.717, 1.165) is 24.7 Å². The predicted octanol–water partition coefficient (Wildman–Crippen LogP) is 3.06. The zero-order valence-electron chi connectivity index (χ0n) is 12.3. The summed E-state index contributed by atoms with van der Waals surface area (Å²) in [6.07, 6.45) is 4.21. The first-order valence-corrected chi connectivity index (χ1v) is 7.81. The molecule has 1 saturated carbocycles. The standard InChI is InChI=1S/C17H23NO2/c1-17(2)16(12-5-3-4-6-14(12)20-17)18-13-9-10-19-15(13)11-7-8-11/h3-6,11,13,15-16,18H,7-10H2,1-2H3. The van der Waals surface area contributed by atoms with Crippen LogP contribution in [-0.2, 0) is 4.74 Å². The van der Waals surface area contributed by atoms with Crippen LogP contribution in [0.4, 0.5) is 0 Å². The first-order chi connectivity index (χ1) is 9.65. The lowest BCUT2D eigenvalue weighted by atomic mass is 9.92. The largest absolute Gasteiger partial charge is 0.486 e. The van der Waals surface area contributed by atoms with Gasteiger partial charge in [0.25, 0.3) is 0 Å². The first kappa shape index (κ1) is 12.7. The summed E-state index contributed by atoms with van der Waals surface area (Å²) in [6, 6.07) is 9.13. The summed E-state index contributed by atoms with van der Waals surface area (Å²) in [4.78, 5) is 0. The SMILES string of the molecule is CC1(C)Oc2ccccc2C1NC1CCOC1C1CC1. The van der Waals surface area contributed by atoms with Crippen LogP contribution in [0.15, 0.2) is 24.3 Å². The zero-order chi connectivity index (χ0) is 13.7. The Labute approximate surface area is 120 Å². The van der Waals surface area contributed by atoms with Gasteiger partial charge in [-0.15, -0.1) is 0 Å². The van der Waals surface area contributed by atoms with Crippen LogP contribution in [0.1, 0.15) is 44.7 Å². The molecule has 2 aliphatic heterocycles. The van der Waals surface area contributed by atoms with Crippen molar-refractivity contribution < 1.29 is 9.47 Å². The van der Waals surface area contributed by atoms with Crippen LogP contribution in [0.2, 0.25) is 0 Å². The van der Waals surface area contributed by atoms with E-state index in [1.54, 1.807) is 0 Å². The summed E-state index contributed by atoms with van der Waals surface area (Å²) in [7, 11) is 0. The van der Waals surface area contributed by atoms with Gasteiger partial charge in [0.1, 0.15) is 11.4 Å². The van der Waals surface area contributed by atoms with Crippen LogP contribution in [0.3, 0.4) is 0 Å². The number of nitrogens with one attached hydrogen (secondary N) is 1. The van der Waals surface area contributed by atoms with Crippen molar-refractivity contribution in [1.82, 2.24) is 5.32 Å². The van der Waals surface area contributed by atoms with Gasteiger partial charge in [-0.1, -0.05) is 18.2 Å². The Morgan fingerprint density at radius 2 is 1.95 bits per heavy atom. The van der Waals surface area contributed by atoms with Gasteiger partial charge in [0, 0.05) is 18.2 Å². The molecule has 0 spiro atoms. The highest BCUT2D eigenvalue weighted by Gasteiger charge is 2.46. The fraction of sp³-hybridized carbons (Fsp3) is 0.647. The topological polar surface area (TPSA) is 30.5 Å². The molecule has 1 aromatic rings. The maximum atomic E-state index is 6.13. The predicted molar refractivity (Wildman–Crippen MR) is 77.9 cm³/mol. The van der Waals surface area contributed by atoms with Gasteiger partial charge in [0.05, 0.1) is 12.1 Å². The van der Waals surface area contributed by atoms with E-state index in [4.69, 9.17) is 9.47 Å². The van der Waals surface area contributed by atoms with Gasteiger partial charge in [-0.05, 0) is 45.1 Å². The molecular formula is C17H23NO2. The average molecular weight is 273 g/mol. The van der Waals surface area contributed by atoms with E-state index in [-0.39, 0.29) is 11.6 Å². The molecule has 0 radical (unpaired) electrons. The molecule has 0 bridgehead atoms. The molecule has 3 unspecified atom stereocenters. The van der Waals surface area contributed by atoms with E-state index in [2.05, 4.69) is 37.4 Å². The van der Waals surface area contributed by atoms with E-state index >= 15 is 0 Å². The zero-order valence-corrected chi connectivity index (χ0v) is 12.3. The molecule has 1 saturated heterocycles.